The van der Waals surface area contributed by atoms with Crippen molar-refractivity contribution in [3.05, 3.63) is 29.3 Å². The Morgan fingerprint density at radius 3 is 2.33 bits per heavy atom. The second-order valence-electron chi connectivity index (χ2n) is 6.33. The first-order valence-corrected chi connectivity index (χ1v) is 8.09. The quantitative estimate of drug-likeness (QED) is 0.764. The fourth-order valence-corrected chi connectivity index (χ4v) is 2.82. The molecule has 3 heteroatoms. The molecular weight excluding hydrogens is 262 g/mol. The van der Waals surface area contributed by atoms with Gasteiger partial charge in [0, 0.05) is 12.1 Å². The number of phenolic OH excluding ortho intramolecular Hbond substituents is 1. The number of aromatic hydroxyl groups is 1. The molecule has 3 nitrogen and oxygen atoms in total. The van der Waals surface area contributed by atoms with E-state index in [1.54, 1.807) is 12.1 Å². The standard InChI is InChI=1S/C18H31NO2/c1-6-15(5)19(13(2)3)10-9-14(4)17-11-16(12-20)7-8-18(17)21/h7-8,11,13-15,20-21H,6,9-10,12H2,1-5H3. The molecule has 2 unspecified atom stereocenters. The van der Waals surface area contributed by atoms with Crippen LogP contribution in [0, 0.1) is 0 Å². The monoisotopic (exact) mass is 293 g/mol. The van der Waals surface area contributed by atoms with Crippen LogP contribution in [0.1, 0.15) is 64.5 Å². The highest BCUT2D eigenvalue weighted by atomic mass is 16.3. The first-order valence-electron chi connectivity index (χ1n) is 8.09. The average Bonchev–Trinajstić information content (AvgIpc) is 2.47. The third-order valence-electron chi connectivity index (χ3n) is 4.45. The van der Waals surface area contributed by atoms with Gasteiger partial charge in [0.25, 0.3) is 0 Å². The van der Waals surface area contributed by atoms with Gasteiger partial charge in [0.1, 0.15) is 5.75 Å². The van der Waals surface area contributed by atoms with Crippen LogP contribution in [-0.4, -0.2) is 33.7 Å². The van der Waals surface area contributed by atoms with Crippen LogP contribution in [0.15, 0.2) is 18.2 Å². The zero-order chi connectivity index (χ0) is 16.0. The van der Waals surface area contributed by atoms with E-state index >= 15 is 0 Å². The molecule has 2 N–H and O–H groups in total. The molecule has 0 fully saturated rings. The molecular formula is C18H31NO2. The fraction of sp³-hybridized carbons (Fsp3) is 0.667. The van der Waals surface area contributed by atoms with Gasteiger partial charge in [-0.05, 0) is 69.3 Å². The molecule has 0 aromatic heterocycles. The van der Waals surface area contributed by atoms with Crippen molar-refractivity contribution in [3.8, 4) is 5.75 Å². The number of benzene rings is 1. The van der Waals surface area contributed by atoms with Crippen molar-refractivity contribution in [3.63, 3.8) is 0 Å². The topological polar surface area (TPSA) is 43.7 Å². The molecule has 0 aliphatic heterocycles. The van der Waals surface area contributed by atoms with Gasteiger partial charge >= 0.3 is 0 Å². The molecule has 1 aromatic rings. The summed E-state index contributed by atoms with van der Waals surface area (Å²) in [5.41, 5.74) is 1.80. The summed E-state index contributed by atoms with van der Waals surface area (Å²) >= 11 is 0. The first kappa shape index (κ1) is 18.0. The lowest BCUT2D eigenvalue weighted by Gasteiger charge is -2.33. The van der Waals surface area contributed by atoms with Crippen LogP contribution in [0.5, 0.6) is 5.75 Å². The van der Waals surface area contributed by atoms with Crippen LogP contribution >= 0.6 is 0 Å². The SMILES string of the molecule is CCC(C)N(CCC(C)c1cc(CO)ccc1O)C(C)C. The van der Waals surface area contributed by atoms with Crippen LogP contribution in [0.3, 0.4) is 0 Å². The van der Waals surface area contributed by atoms with Crippen LogP contribution in [0.4, 0.5) is 0 Å². The van der Waals surface area contributed by atoms with Gasteiger partial charge < -0.3 is 10.2 Å². The summed E-state index contributed by atoms with van der Waals surface area (Å²) in [7, 11) is 0. The van der Waals surface area contributed by atoms with Gasteiger partial charge in [-0.1, -0.05) is 19.9 Å². The summed E-state index contributed by atoms with van der Waals surface area (Å²) in [6, 6.07) is 6.49. The van der Waals surface area contributed by atoms with Crippen molar-refractivity contribution in [1.82, 2.24) is 4.90 Å². The molecule has 0 radical (unpaired) electrons. The highest BCUT2D eigenvalue weighted by molar-refractivity contribution is 5.38. The van der Waals surface area contributed by atoms with Gasteiger partial charge in [-0.15, -0.1) is 0 Å². The Morgan fingerprint density at radius 2 is 1.81 bits per heavy atom. The molecule has 0 aliphatic rings. The average molecular weight is 293 g/mol. The second-order valence-corrected chi connectivity index (χ2v) is 6.33. The van der Waals surface area contributed by atoms with E-state index in [4.69, 9.17) is 0 Å². The normalized spacial score (nSPS) is 14.7. The molecule has 0 heterocycles. The maximum absolute atomic E-state index is 10.0. The molecule has 0 saturated carbocycles. The Balaban J connectivity index is 2.74. The third kappa shape index (κ3) is 5.01. The van der Waals surface area contributed by atoms with E-state index in [1.807, 2.05) is 6.07 Å². The predicted octanol–water partition coefficient (Wildman–Crippen LogP) is 3.89. The van der Waals surface area contributed by atoms with Gasteiger partial charge in [-0.25, -0.2) is 0 Å². The summed E-state index contributed by atoms with van der Waals surface area (Å²) in [6.45, 7) is 12.2. The van der Waals surface area contributed by atoms with Crippen LogP contribution < -0.4 is 0 Å². The zero-order valence-electron chi connectivity index (χ0n) is 14.1. The molecule has 120 valence electrons. The van der Waals surface area contributed by atoms with Gasteiger partial charge in [0.15, 0.2) is 0 Å². The lowest BCUT2D eigenvalue weighted by molar-refractivity contribution is 0.155. The number of nitrogens with zero attached hydrogens (tertiary/aromatic N) is 1. The number of rotatable bonds is 8. The van der Waals surface area contributed by atoms with E-state index in [2.05, 4.69) is 39.5 Å². The first-order chi connectivity index (χ1) is 9.90. The molecule has 1 rings (SSSR count). The molecule has 0 amide bonds. The minimum absolute atomic E-state index is 0.0188. The predicted molar refractivity (Wildman–Crippen MR) is 88.7 cm³/mol. The van der Waals surface area contributed by atoms with Crippen molar-refractivity contribution in [1.29, 1.82) is 0 Å². The number of hydrogen-bond donors (Lipinski definition) is 2. The van der Waals surface area contributed by atoms with Crippen LogP contribution in [0.25, 0.3) is 0 Å². The lowest BCUT2D eigenvalue weighted by Crippen LogP contribution is -2.39. The Morgan fingerprint density at radius 1 is 1.14 bits per heavy atom. The Hall–Kier alpha value is -1.06. The smallest absolute Gasteiger partial charge is 0.119 e. The number of hydrogen-bond acceptors (Lipinski definition) is 3. The summed E-state index contributed by atoms with van der Waals surface area (Å²) in [6.07, 6.45) is 2.16. The van der Waals surface area contributed by atoms with Crippen molar-refractivity contribution >= 4 is 0 Å². The summed E-state index contributed by atoms with van der Waals surface area (Å²) in [4.78, 5) is 2.52. The van der Waals surface area contributed by atoms with Gasteiger partial charge in [-0.3, -0.25) is 4.90 Å². The van der Waals surface area contributed by atoms with Crippen LogP contribution in [-0.2, 0) is 6.61 Å². The minimum atomic E-state index is 0.0188. The van der Waals surface area contributed by atoms with Crippen LogP contribution in [0.2, 0.25) is 0 Å². The van der Waals surface area contributed by atoms with Crippen molar-refractivity contribution in [2.45, 2.75) is 72.1 Å². The van der Waals surface area contributed by atoms with E-state index < -0.39 is 0 Å². The highest BCUT2D eigenvalue weighted by Crippen LogP contribution is 2.29. The molecule has 0 spiro atoms. The molecule has 0 bridgehead atoms. The maximum atomic E-state index is 10.0. The van der Waals surface area contributed by atoms with E-state index in [-0.39, 0.29) is 12.5 Å². The van der Waals surface area contributed by atoms with Gasteiger partial charge in [0.2, 0.25) is 0 Å². The highest BCUT2D eigenvalue weighted by Gasteiger charge is 2.18. The van der Waals surface area contributed by atoms with E-state index in [9.17, 15) is 10.2 Å². The van der Waals surface area contributed by atoms with E-state index in [0.29, 0.717) is 17.8 Å². The molecule has 0 aliphatic carbocycles. The molecule has 2 atom stereocenters. The number of phenols is 1. The number of aliphatic hydroxyl groups excluding tert-OH is 1. The third-order valence-corrected chi connectivity index (χ3v) is 4.45. The Kier molecular flexibility index (Phi) is 7.20. The molecule has 21 heavy (non-hydrogen) atoms. The Bertz CT molecular complexity index is 431. The lowest BCUT2D eigenvalue weighted by atomic mass is 9.94. The zero-order valence-corrected chi connectivity index (χ0v) is 14.1. The van der Waals surface area contributed by atoms with Crippen molar-refractivity contribution < 1.29 is 10.2 Å². The molecule has 0 saturated heterocycles. The maximum Gasteiger partial charge on any atom is 0.119 e. The largest absolute Gasteiger partial charge is 0.508 e. The van der Waals surface area contributed by atoms with E-state index in [0.717, 1.165) is 30.5 Å². The fourth-order valence-electron chi connectivity index (χ4n) is 2.82. The number of aliphatic hydroxyl groups is 1. The second kappa shape index (κ2) is 8.40. The molecule has 1 aromatic carbocycles. The van der Waals surface area contributed by atoms with Gasteiger partial charge in [0.05, 0.1) is 6.61 Å². The summed E-state index contributed by atoms with van der Waals surface area (Å²) < 4.78 is 0. The van der Waals surface area contributed by atoms with Crippen molar-refractivity contribution in [2.75, 3.05) is 6.54 Å². The van der Waals surface area contributed by atoms with Crippen molar-refractivity contribution in [2.24, 2.45) is 0 Å². The Labute approximate surface area is 129 Å². The van der Waals surface area contributed by atoms with E-state index in [1.165, 1.54) is 0 Å². The summed E-state index contributed by atoms with van der Waals surface area (Å²) in [5.74, 6) is 0.612. The summed E-state index contributed by atoms with van der Waals surface area (Å²) in [5, 5.41) is 19.3. The van der Waals surface area contributed by atoms with Gasteiger partial charge in [-0.2, -0.15) is 0 Å². The minimum Gasteiger partial charge on any atom is -0.508 e.